The van der Waals surface area contributed by atoms with E-state index >= 15 is 0 Å². The quantitative estimate of drug-likeness (QED) is 0.546. The summed E-state index contributed by atoms with van der Waals surface area (Å²) in [6, 6.07) is 11.4. The van der Waals surface area contributed by atoms with Crippen molar-refractivity contribution in [1.29, 1.82) is 0 Å². The van der Waals surface area contributed by atoms with Gasteiger partial charge in [0.15, 0.2) is 0 Å². The van der Waals surface area contributed by atoms with Crippen LogP contribution in [-0.4, -0.2) is 51.3 Å². The second-order valence-electron chi connectivity index (χ2n) is 6.67. The normalized spacial score (nSPS) is 11.2. The molecule has 2 amide bonds. The maximum Gasteiger partial charge on any atom is 0.243 e. The summed E-state index contributed by atoms with van der Waals surface area (Å²) in [6.45, 7) is 2.33. The average Bonchev–Trinajstić information content (AvgIpc) is 2.74. The van der Waals surface area contributed by atoms with Gasteiger partial charge in [-0.15, -0.1) is 0 Å². The lowest BCUT2D eigenvalue weighted by atomic mass is 10.3. The van der Waals surface area contributed by atoms with E-state index in [0.717, 1.165) is 16.4 Å². The van der Waals surface area contributed by atoms with Crippen LogP contribution in [0, 0.1) is 5.82 Å². The van der Waals surface area contributed by atoms with Crippen molar-refractivity contribution in [2.45, 2.75) is 24.7 Å². The van der Waals surface area contributed by atoms with Gasteiger partial charge in [-0.2, -0.15) is 0 Å². The van der Waals surface area contributed by atoms with Gasteiger partial charge in [0.25, 0.3) is 0 Å². The molecule has 0 radical (unpaired) electrons. The van der Waals surface area contributed by atoms with Gasteiger partial charge in [-0.3, -0.25) is 9.59 Å². The molecule has 0 heterocycles. The van der Waals surface area contributed by atoms with Crippen LogP contribution < -0.4 is 15.4 Å². The van der Waals surface area contributed by atoms with Crippen molar-refractivity contribution in [1.82, 2.24) is 9.62 Å². The Bertz CT molecular complexity index is 979. The molecule has 168 valence electrons. The Kier molecular flexibility index (Phi) is 8.95. The molecule has 0 saturated heterocycles. The zero-order valence-electron chi connectivity index (χ0n) is 17.4. The highest BCUT2D eigenvalue weighted by Crippen LogP contribution is 2.16. The number of hydrogen-bond acceptors (Lipinski definition) is 5. The van der Waals surface area contributed by atoms with E-state index in [9.17, 15) is 22.4 Å². The van der Waals surface area contributed by atoms with Crippen LogP contribution in [-0.2, 0) is 19.6 Å². The molecule has 0 atom stereocenters. The first-order valence-corrected chi connectivity index (χ1v) is 11.2. The number of hydrogen-bond donors (Lipinski definition) is 2. The molecule has 0 aliphatic rings. The number of anilines is 1. The fourth-order valence-corrected chi connectivity index (χ4v) is 3.85. The van der Waals surface area contributed by atoms with Gasteiger partial charge in [0, 0.05) is 25.7 Å². The molecule has 0 bridgehead atoms. The predicted molar refractivity (Wildman–Crippen MR) is 115 cm³/mol. The molecule has 10 heteroatoms. The largest absolute Gasteiger partial charge is 0.494 e. The van der Waals surface area contributed by atoms with Gasteiger partial charge in [-0.1, -0.05) is 0 Å². The van der Waals surface area contributed by atoms with Crippen molar-refractivity contribution in [3.8, 4) is 5.75 Å². The van der Waals surface area contributed by atoms with Gasteiger partial charge in [0.05, 0.1) is 18.0 Å². The number of carbonyl (C=O) groups is 2. The number of benzene rings is 2. The van der Waals surface area contributed by atoms with E-state index in [0.29, 0.717) is 18.0 Å². The Morgan fingerprint density at radius 3 is 2.29 bits per heavy atom. The van der Waals surface area contributed by atoms with Crippen molar-refractivity contribution >= 4 is 27.5 Å². The van der Waals surface area contributed by atoms with E-state index in [1.165, 1.54) is 19.2 Å². The van der Waals surface area contributed by atoms with Crippen LogP contribution in [0.1, 0.15) is 19.8 Å². The lowest BCUT2D eigenvalue weighted by Crippen LogP contribution is -2.33. The Morgan fingerprint density at radius 1 is 1.03 bits per heavy atom. The highest BCUT2D eigenvalue weighted by atomic mass is 32.2. The molecule has 8 nitrogen and oxygen atoms in total. The van der Waals surface area contributed by atoms with Crippen LogP contribution in [0.3, 0.4) is 0 Å². The molecule has 2 aromatic rings. The van der Waals surface area contributed by atoms with Crippen molar-refractivity contribution in [3.05, 3.63) is 54.3 Å². The summed E-state index contributed by atoms with van der Waals surface area (Å²) in [5.41, 5.74) is 0.579. The van der Waals surface area contributed by atoms with Gasteiger partial charge in [0.1, 0.15) is 11.6 Å². The highest BCUT2D eigenvalue weighted by Gasteiger charge is 2.20. The van der Waals surface area contributed by atoms with Crippen molar-refractivity contribution in [2.75, 3.05) is 32.1 Å². The molecule has 31 heavy (non-hydrogen) atoms. The predicted octanol–water partition coefficient (Wildman–Crippen LogP) is 2.38. The molecule has 0 aliphatic heterocycles. The number of carbonyl (C=O) groups excluding carboxylic acids is 2. The summed E-state index contributed by atoms with van der Waals surface area (Å²) >= 11 is 0. The summed E-state index contributed by atoms with van der Waals surface area (Å²) in [5, 5.41) is 5.16. The Morgan fingerprint density at radius 2 is 1.68 bits per heavy atom. The Labute approximate surface area is 181 Å². The van der Waals surface area contributed by atoms with Gasteiger partial charge < -0.3 is 15.4 Å². The number of rotatable bonds is 11. The minimum Gasteiger partial charge on any atom is -0.494 e. The topological polar surface area (TPSA) is 105 Å². The Balaban J connectivity index is 1.71. The molecule has 0 unspecified atom stereocenters. The van der Waals surface area contributed by atoms with Crippen LogP contribution in [0.25, 0.3) is 0 Å². The van der Waals surface area contributed by atoms with Gasteiger partial charge in [-0.25, -0.2) is 17.1 Å². The van der Waals surface area contributed by atoms with Gasteiger partial charge in [-0.05, 0) is 61.9 Å². The molecule has 0 fully saturated rings. The lowest BCUT2D eigenvalue weighted by Gasteiger charge is -2.17. The molecule has 0 spiro atoms. The van der Waals surface area contributed by atoms with Crippen LogP contribution in [0.15, 0.2) is 53.4 Å². The van der Waals surface area contributed by atoms with E-state index in [4.69, 9.17) is 4.74 Å². The van der Waals surface area contributed by atoms with Gasteiger partial charge in [0.2, 0.25) is 21.8 Å². The molecular formula is C21H26FN3O5S. The minimum absolute atomic E-state index is 0.0215. The molecule has 0 aromatic heterocycles. The fraction of sp³-hybridized carbons (Fsp3) is 0.333. The lowest BCUT2D eigenvalue weighted by molar-refractivity contribution is -0.124. The zero-order chi connectivity index (χ0) is 22.9. The third kappa shape index (κ3) is 7.65. The first kappa shape index (κ1) is 24.3. The van der Waals surface area contributed by atoms with Crippen molar-refractivity contribution in [2.24, 2.45) is 0 Å². The van der Waals surface area contributed by atoms with E-state index in [2.05, 4.69) is 10.6 Å². The minimum atomic E-state index is -3.76. The third-order valence-electron chi connectivity index (χ3n) is 4.29. The number of halogens is 1. The molecule has 0 aliphatic carbocycles. The van der Waals surface area contributed by atoms with E-state index in [-0.39, 0.29) is 42.6 Å². The summed E-state index contributed by atoms with van der Waals surface area (Å²) < 4.78 is 44.2. The number of ether oxygens (including phenoxy) is 1. The summed E-state index contributed by atoms with van der Waals surface area (Å²) in [6.07, 6.45) is 0.322. The Hall–Kier alpha value is -2.98. The molecular weight excluding hydrogens is 425 g/mol. The number of amides is 2. The number of nitrogens with one attached hydrogen (secondary N) is 2. The monoisotopic (exact) mass is 451 g/mol. The zero-order valence-corrected chi connectivity index (χ0v) is 18.2. The van der Waals surface area contributed by atoms with E-state index in [1.807, 2.05) is 6.92 Å². The third-order valence-corrected chi connectivity index (χ3v) is 6.16. The van der Waals surface area contributed by atoms with Crippen LogP contribution in [0.4, 0.5) is 10.1 Å². The first-order valence-electron chi connectivity index (χ1n) is 9.73. The summed E-state index contributed by atoms with van der Waals surface area (Å²) in [4.78, 5) is 23.9. The number of nitrogens with zero attached hydrogens (tertiary/aromatic N) is 1. The molecule has 2 aromatic carbocycles. The second-order valence-corrected chi connectivity index (χ2v) is 8.71. The first-order chi connectivity index (χ1) is 14.7. The van der Waals surface area contributed by atoms with Crippen molar-refractivity contribution < 1.29 is 27.1 Å². The van der Waals surface area contributed by atoms with Crippen LogP contribution >= 0.6 is 0 Å². The van der Waals surface area contributed by atoms with E-state index in [1.54, 1.807) is 24.3 Å². The summed E-state index contributed by atoms with van der Waals surface area (Å²) in [7, 11) is -2.37. The van der Waals surface area contributed by atoms with Crippen LogP contribution in [0.2, 0.25) is 0 Å². The van der Waals surface area contributed by atoms with Crippen LogP contribution in [0.5, 0.6) is 5.75 Å². The molecule has 0 saturated carbocycles. The molecule has 2 N–H and O–H groups in total. The molecule has 2 rings (SSSR count). The maximum absolute atomic E-state index is 13.0. The fourth-order valence-electron chi connectivity index (χ4n) is 2.64. The average molecular weight is 452 g/mol. The van der Waals surface area contributed by atoms with E-state index < -0.39 is 15.8 Å². The smallest absolute Gasteiger partial charge is 0.243 e. The standard InChI is InChI=1S/C21H26FN3O5S/c1-3-30-18-10-8-17(9-11-18)24-21(27)15-23-20(26)5-4-14-25(2)31(28,29)19-12-6-16(22)7-13-19/h6-13H,3-5,14-15H2,1-2H3,(H,23,26)(H,24,27). The maximum atomic E-state index is 13.0. The number of sulfonamides is 1. The summed E-state index contributed by atoms with van der Waals surface area (Å²) in [5.74, 6) is -0.576. The van der Waals surface area contributed by atoms with Crippen molar-refractivity contribution in [3.63, 3.8) is 0 Å². The highest BCUT2D eigenvalue weighted by molar-refractivity contribution is 7.89. The SMILES string of the molecule is CCOc1ccc(NC(=O)CNC(=O)CCCN(C)S(=O)(=O)c2ccc(F)cc2)cc1. The second kappa shape index (κ2) is 11.4. The van der Waals surface area contributed by atoms with Gasteiger partial charge >= 0.3 is 0 Å².